The first-order valence-corrected chi connectivity index (χ1v) is 4.80. The van der Waals surface area contributed by atoms with Crippen molar-refractivity contribution in [3.63, 3.8) is 0 Å². The van der Waals surface area contributed by atoms with Crippen molar-refractivity contribution in [1.29, 1.82) is 0 Å². The maximum Gasteiger partial charge on any atom is 0.0981 e. The van der Waals surface area contributed by atoms with Crippen LogP contribution in [0.5, 0.6) is 0 Å². The molecule has 1 rings (SSSR count). The molecule has 1 unspecified atom stereocenters. The van der Waals surface area contributed by atoms with E-state index >= 15 is 0 Å². The van der Waals surface area contributed by atoms with Crippen molar-refractivity contribution in [2.24, 2.45) is 0 Å². The molecule has 0 spiro atoms. The topological polar surface area (TPSA) is 12.5 Å². The molecule has 1 fully saturated rings. The van der Waals surface area contributed by atoms with Crippen molar-refractivity contribution in [1.82, 2.24) is 0 Å². The Balaban J connectivity index is 2.10. The van der Waals surface area contributed by atoms with Crippen molar-refractivity contribution in [3.8, 4) is 0 Å². The van der Waals surface area contributed by atoms with Gasteiger partial charge in [0, 0.05) is 0 Å². The van der Waals surface area contributed by atoms with Crippen LogP contribution in [0.3, 0.4) is 0 Å². The first-order chi connectivity index (χ1) is 3.79. The van der Waals surface area contributed by atoms with Gasteiger partial charge >= 0.3 is 0 Å². The van der Waals surface area contributed by atoms with Gasteiger partial charge in [0.2, 0.25) is 0 Å². The van der Waals surface area contributed by atoms with E-state index in [2.05, 4.69) is 0 Å². The predicted molar refractivity (Wildman–Crippen MR) is 38.1 cm³/mol. The molecular formula is C4H6Cl2OSi. The lowest BCUT2D eigenvalue weighted by Crippen LogP contribution is -1.94. The van der Waals surface area contributed by atoms with E-state index in [1.54, 1.807) is 0 Å². The number of halogens is 2. The van der Waals surface area contributed by atoms with Crippen molar-refractivity contribution in [2.45, 2.75) is 5.73 Å². The van der Waals surface area contributed by atoms with E-state index in [0.29, 0.717) is 10.2 Å². The zero-order valence-corrected chi connectivity index (χ0v) is 7.16. The summed E-state index contributed by atoms with van der Waals surface area (Å²) in [7, 11) is -0.238. The summed E-state index contributed by atoms with van der Waals surface area (Å²) in [5, 5.41) is 0. The average Bonchev–Trinajstić information content (AvgIpc) is 2.41. The van der Waals surface area contributed by atoms with Crippen molar-refractivity contribution >= 4 is 32.7 Å². The van der Waals surface area contributed by atoms with Gasteiger partial charge in [0.15, 0.2) is 0 Å². The molecule has 0 bridgehead atoms. The normalized spacial score (nSPS) is 26.5. The number of hydrogen-bond acceptors (Lipinski definition) is 1. The molecule has 0 saturated carbocycles. The van der Waals surface area contributed by atoms with Crippen molar-refractivity contribution in [2.75, 3.05) is 6.61 Å². The highest BCUT2D eigenvalue weighted by Gasteiger charge is 2.20. The summed E-state index contributed by atoms with van der Waals surface area (Å²) in [5.41, 5.74) is 2.42. The van der Waals surface area contributed by atoms with Crippen LogP contribution in [0, 0.1) is 0 Å². The van der Waals surface area contributed by atoms with Crippen LogP contribution in [0.4, 0.5) is 0 Å². The summed E-state index contributed by atoms with van der Waals surface area (Å²) < 4.78 is 5.35. The summed E-state index contributed by atoms with van der Waals surface area (Å²) in [6, 6.07) is 0. The minimum Gasteiger partial charge on any atom is -0.377 e. The predicted octanol–water partition coefficient (Wildman–Crippen LogP) is 0.788. The van der Waals surface area contributed by atoms with Crippen LogP contribution in [-0.4, -0.2) is 21.9 Å². The third-order valence-electron chi connectivity index (χ3n) is 0.937. The zero-order chi connectivity index (χ0) is 5.98. The summed E-state index contributed by atoms with van der Waals surface area (Å²) >= 11 is 10.7. The lowest BCUT2D eigenvalue weighted by atomic mass is 11.0. The largest absolute Gasteiger partial charge is 0.377 e. The Morgan fingerprint density at radius 1 is 1.75 bits per heavy atom. The molecule has 0 aromatic carbocycles. The number of ether oxygens (including phenoxy) is 1. The lowest BCUT2D eigenvalue weighted by Gasteiger charge is -1.79. The van der Waals surface area contributed by atoms with Crippen LogP contribution in [-0.2, 0) is 4.74 Å². The minimum atomic E-state index is -0.238. The molecule has 1 nitrogen and oxygen atoms in total. The fourth-order valence-corrected chi connectivity index (χ4v) is 1.81. The highest BCUT2D eigenvalue weighted by Crippen LogP contribution is 2.10. The second kappa shape index (κ2) is 2.87. The Morgan fingerprint density at radius 3 is 2.75 bits per heavy atom. The minimum absolute atomic E-state index is 0.238. The summed E-state index contributed by atoms with van der Waals surface area (Å²) in [5.74, 6) is 0. The van der Waals surface area contributed by atoms with Gasteiger partial charge in [0.05, 0.1) is 26.3 Å². The Bertz CT molecular complexity index is 107. The first kappa shape index (κ1) is 6.61. The summed E-state index contributed by atoms with van der Waals surface area (Å²) in [6.45, 7) is 0.920. The number of epoxide rings is 1. The monoisotopic (exact) mass is 168 g/mol. The molecule has 1 saturated heterocycles. The Kier molecular flexibility index (Phi) is 2.37. The maximum absolute atomic E-state index is 5.36. The van der Waals surface area contributed by atoms with Gasteiger partial charge in [0.25, 0.3) is 0 Å². The highest BCUT2D eigenvalue weighted by atomic mass is 35.5. The fraction of sp³-hybridized carbons (Fsp3) is 0.500. The molecular weight excluding hydrogens is 163 g/mol. The van der Waals surface area contributed by atoms with E-state index < -0.39 is 0 Å². The van der Waals surface area contributed by atoms with Gasteiger partial charge in [-0.2, -0.15) is 0 Å². The van der Waals surface area contributed by atoms with Crippen molar-refractivity contribution < 1.29 is 4.74 Å². The van der Waals surface area contributed by atoms with Crippen LogP contribution in [0.1, 0.15) is 0 Å². The molecule has 1 atom stereocenters. The third kappa shape index (κ3) is 2.72. The molecule has 0 aromatic heterocycles. The van der Waals surface area contributed by atoms with Gasteiger partial charge in [-0.1, -0.05) is 28.9 Å². The zero-order valence-electron chi connectivity index (χ0n) is 4.23. The highest BCUT2D eigenvalue weighted by molar-refractivity contribution is 6.60. The van der Waals surface area contributed by atoms with Crippen LogP contribution >= 0.6 is 23.2 Å². The van der Waals surface area contributed by atoms with E-state index in [-0.39, 0.29) is 9.52 Å². The van der Waals surface area contributed by atoms with Crippen LogP contribution in [0.15, 0.2) is 10.2 Å². The average molecular weight is 169 g/mol. The molecule has 1 heterocycles. The Labute approximate surface area is 60.4 Å². The standard InChI is InChI=1S/C4H6Cl2OSi/c5-3(6)2-8-4-1-7-4/h2,4H,1,8H2. The third-order valence-corrected chi connectivity index (χ3v) is 3.40. The van der Waals surface area contributed by atoms with Gasteiger partial charge in [-0.3, -0.25) is 0 Å². The number of hydrogen-bond donors (Lipinski definition) is 0. The summed E-state index contributed by atoms with van der Waals surface area (Å²) in [6.07, 6.45) is 0. The summed E-state index contributed by atoms with van der Waals surface area (Å²) in [4.78, 5) is 0. The molecule has 0 aromatic rings. The van der Waals surface area contributed by atoms with E-state index in [0.717, 1.165) is 6.61 Å². The van der Waals surface area contributed by atoms with Gasteiger partial charge in [-0.25, -0.2) is 0 Å². The molecule has 4 heteroatoms. The molecule has 46 valence electrons. The molecule has 1 aliphatic rings. The SMILES string of the molecule is ClC(Cl)=C[SiH2]C1CO1. The van der Waals surface area contributed by atoms with Crippen LogP contribution in [0.25, 0.3) is 0 Å². The molecule has 0 aliphatic carbocycles. The van der Waals surface area contributed by atoms with Gasteiger partial charge in [-0.05, 0) is 0 Å². The van der Waals surface area contributed by atoms with Gasteiger partial charge < -0.3 is 4.74 Å². The molecule has 0 radical (unpaired) electrons. The van der Waals surface area contributed by atoms with Gasteiger partial charge in [0.1, 0.15) is 0 Å². The maximum atomic E-state index is 5.36. The molecule has 8 heavy (non-hydrogen) atoms. The lowest BCUT2D eigenvalue weighted by molar-refractivity contribution is 0.455. The van der Waals surface area contributed by atoms with E-state index in [1.807, 2.05) is 5.70 Å². The fourth-order valence-electron chi connectivity index (χ4n) is 0.425. The Morgan fingerprint density at radius 2 is 2.38 bits per heavy atom. The van der Waals surface area contributed by atoms with Crippen LogP contribution in [0.2, 0.25) is 0 Å². The molecule has 1 aliphatic heterocycles. The van der Waals surface area contributed by atoms with E-state index in [1.165, 1.54) is 0 Å². The smallest absolute Gasteiger partial charge is 0.0981 e. The van der Waals surface area contributed by atoms with Crippen LogP contribution < -0.4 is 0 Å². The van der Waals surface area contributed by atoms with E-state index in [4.69, 9.17) is 27.9 Å². The number of rotatable bonds is 2. The Hall–Kier alpha value is 0.497. The molecule has 0 N–H and O–H groups in total. The second-order valence-electron chi connectivity index (χ2n) is 1.68. The van der Waals surface area contributed by atoms with Crippen molar-refractivity contribution in [3.05, 3.63) is 10.2 Å². The van der Waals surface area contributed by atoms with Gasteiger partial charge in [-0.15, -0.1) is 0 Å². The first-order valence-electron chi connectivity index (χ1n) is 2.42. The van der Waals surface area contributed by atoms with E-state index in [9.17, 15) is 0 Å². The quantitative estimate of drug-likeness (QED) is 0.439. The molecule has 0 amide bonds. The second-order valence-corrected chi connectivity index (χ2v) is 4.48.